The average Bonchev–Trinajstić information content (AvgIpc) is 0.773. The summed E-state index contributed by atoms with van der Waals surface area (Å²) in [6.45, 7) is 42.3. The van der Waals surface area contributed by atoms with Crippen molar-refractivity contribution in [3.8, 4) is 0 Å². The normalized spacial score (nSPS) is 23.6. The molecule has 0 atom stereocenters. The fourth-order valence-corrected chi connectivity index (χ4v) is 22.8. The Bertz CT molecular complexity index is 2990. The molecule has 24 heteroatoms. The van der Waals surface area contributed by atoms with E-state index in [-0.39, 0.29) is 81.4 Å². The lowest BCUT2D eigenvalue weighted by Crippen LogP contribution is -2.65. The summed E-state index contributed by atoms with van der Waals surface area (Å²) in [6.07, 6.45) is 48.4. The molecule has 6 N–H and O–H groups in total. The number of unbranched alkanes of at least 4 members (excludes halogenated alkanes) is 9. The maximum absolute atomic E-state index is 11.5. The van der Waals surface area contributed by atoms with Crippen molar-refractivity contribution in [3.05, 3.63) is 0 Å². The van der Waals surface area contributed by atoms with E-state index in [9.17, 15) is 19.8 Å². The third-order valence-corrected chi connectivity index (χ3v) is 27.3. The van der Waals surface area contributed by atoms with Crippen LogP contribution >= 0.6 is 0 Å². The Morgan fingerprint density at radius 2 is 0.552 bits per heavy atom. The van der Waals surface area contributed by atoms with Gasteiger partial charge in [-0.1, -0.05) is 128 Å². The molecule has 4 saturated carbocycles. The highest BCUT2D eigenvalue weighted by molar-refractivity contribution is 5.66. The van der Waals surface area contributed by atoms with Crippen molar-refractivity contribution in [3.63, 3.8) is 0 Å². The molecule has 4 aliphatic heterocycles. The van der Waals surface area contributed by atoms with E-state index in [4.69, 9.17) is 49.3 Å². The smallest absolute Gasteiger partial charge is 0.303 e. The van der Waals surface area contributed by atoms with Gasteiger partial charge in [0.25, 0.3) is 0 Å². The minimum Gasteiger partial charge on any atom is -0.481 e. The van der Waals surface area contributed by atoms with E-state index in [2.05, 4.69) is 162 Å². The molecular weight excluding hydrogens is 1460 g/mol. The maximum atomic E-state index is 11.5. The van der Waals surface area contributed by atoms with Gasteiger partial charge in [-0.25, -0.2) is 0 Å². The first-order valence-electron chi connectivity index (χ1n) is 47.4. The zero-order valence-electron chi connectivity index (χ0n) is 76.1. The van der Waals surface area contributed by atoms with Gasteiger partial charge in [0.2, 0.25) is 35.7 Å². The summed E-state index contributed by atoms with van der Waals surface area (Å²) < 4.78 is 0. The minimum absolute atomic E-state index is 0.0481. The number of piperidine rings is 4. The van der Waals surface area contributed by atoms with E-state index in [1.807, 2.05) is 0 Å². The Morgan fingerprint density at radius 1 is 0.319 bits per heavy atom. The van der Waals surface area contributed by atoms with Crippen LogP contribution in [-0.4, -0.2) is 192 Å². The van der Waals surface area contributed by atoms with Gasteiger partial charge in [0.15, 0.2) is 0 Å². The lowest BCUT2D eigenvalue weighted by Gasteiger charge is -2.56. The third-order valence-electron chi connectivity index (χ3n) is 27.3. The molecule has 0 aromatic carbocycles. The molecule has 0 unspecified atom stereocenters. The van der Waals surface area contributed by atoms with Crippen LogP contribution in [0.25, 0.3) is 0 Å². The highest BCUT2D eigenvalue weighted by atomic mass is 16.7. The van der Waals surface area contributed by atoms with Gasteiger partial charge < -0.3 is 41.3 Å². The summed E-state index contributed by atoms with van der Waals surface area (Å²) in [5, 5.41) is 43.1. The number of anilines is 6. The molecule has 0 bridgehead atoms. The van der Waals surface area contributed by atoms with Gasteiger partial charge in [0, 0.05) is 109 Å². The van der Waals surface area contributed by atoms with Crippen LogP contribution in [0.4, 0.5) is 35.7 Å². The quantitative estimate of drug-likeness (QED) is 0.0337. The van der Waals surface area contributed by atoms with Crippen molar-refractivity contribution in [2.24, 2.45) is 11.8 Å². The number of carboxylic acid groups (broad SMARTS) is 2. The van der Waals surface area contributed by atoms with Crippen molar-refractivity contribution < 1.29 is 39.2 Å². The molecule has 8 fully saturated rings. The summed E-state index contributed by atoms with van der Waals surface area (Å²) in [6, 6.07) is 0.198. The van der Waals surface area contributed by atoms with Gasteiger partial charge >= 0.3 is 11.9 Å². The van der Waals surface area contributed by atoms with Crippen LogP contribution in [0.1, 0.15) is 406 Å². The number of nitrogens with zero attached hydrogens (tertiary/aromatic N) is 12. The second kappa shape index (κ2) is 43.0. The first-order valence-corrected chi connectivity index (χ1v) is 47.4. The first kappa shape index (κ1) is 93.7. The summed E-state index contributed by atoms with van der Waals surface area (Å²) in [7, 11) is 0. The molecule has 116 heavy (non-hydrogen) atoms. The topological polar surface area (TPSA) is 256 Å². The molecule has 24 nitrogen and oxygen atoms in total. The molecule has 6 heterocycles. The largest absolute Gasteiger partial charge is 0.481 e. The highest BCUT2D eigenvalue weighted by Gasteiger charge is 2.53. The molecule has 10 rings (SSSR count). The zero-order valence-corrected chi connectivity index (χ0v) is 76.1. The Hall–Kier alpha value is -4.56. The van der Waals surface area contributed by atoms with Gasteiger partial charge in [-0.15, -0.1) is 0 Å². The number of hydrogen-bond donors (Lipinski definition) is 6. The van der Waals surface area contributed by atoms with Crippen molar-refractivity contribution in [2.45, 2.75) is 487 Å². The van der Waals surface area contributed by atoms with E-state index in [0.717, 1.165) is 206 Å². The van der Waals surface area contributed by atoms with Crippen LogP contribution in [0.5, 0.6) is 0 Å². The Kier molecular flexibility index (Phi) is 34.7. The average molecular weight is 1620 g/mol. The van der Waals surface area contributed by atoms with Crippen LogP contribution in [0.3, 0.4) is 0 Å². The van der Waals surface area contributed by atoms with E-state index in [1.165, 1.54) is 89.9 Å². The Labute approximate surface area is 702 Å². The van der Waals surface area contributed by atoms with E-state index in [0.29, 0.717) is 85.7 Å². The van der Waals surface area contributed by atoms with Gasteiger partial charge in [-0.2, -0.15) is 50.2 Å². The molecule has 0 amide bonds. The van der Waals surface area contributed by atoms with E-state index >= 15 is 0 Å². The van der Waals surface area contributed by atoms with Gasteiger partial charge in [-0.05, 0) is 277 Å². The number of carboxylic acids is 2. The molecule has 0 spiro atoms. The van der Waals surface area contributed by atoms with Crippen LogP contribution in [0, 0.1) is 11.8 Å². The monoisotopic (exact) mass is 1620 g/mol. The van der Waals surface area contributed by atoms with Crippen LogP contribution < -0.4 is 31.1 Å². The number of carbonyl (C=O) groups is 2. The van der Waals surface area contributed by atoms with Crippen molar-refractivity contribution in [1.82, 2.24) is 50.2 Å². The summed E-state index contributed by atoms with van der Waals surface area (Å²) in [5.74, 6) is 3.32. The molecular formula is C92H166N16O8. The lowest BCUT2D eigenvalue weighted by molar-refractivity contribution is -0.314. The molecule has 0 radical (unpaired) electrons. The molecule has 4 aliphatic carbocycles. The predicted octanol–water partition coefficient (Wildman–Crippen LogP) is 20.8. The van der Waals surface area contributed by atoms with Crippen molar-refractivity contribution >= 4 is 47.6 Å². The number of hydroxylamine groups is 8. The van der Waals surface area contributed by atoms with E-state index < -0.39 is 11.9 Å². The first-order chi connectivity index (χ1) is 55.1. The van der Waals surface area contributed by atoms with Crippen molar-refractivity contribution in [1.29, 1.82) is 0 Å². The van der Waals surface area contributed by atoms with Crippen molar-refractivity contribution in [2.75, 3.05) is 70.3 Å². The van der Waals surface area contributed by atoms with Gasteiger partial charge in [-0.3, -0.25) is 28.9 Å². The highest BCUT2D eigenvalue weighted by Crippen LogP contribution is 2.49. The van der Waals surface area contributed by atoms with Crippen LogP contribution in [-0.2, 0) is 28.9 Å². The van der Waals surface area contributed by atoms with Crippen LogP contribution in [0.15, 0.2) is 0 Å². The number of aromatic nitrogens is 6. The van der Waals surface area contributed by atoms with Gasteiger partial charge in [0.05, 0.1) is 24.4 Å². The third kappa shape index (κ3) is 28.0. The standard InChI is InChI=1S/C92H166N16O8/c1-85(2)61-69(62-86(3,4)105(85)113-73-45-25-19-26-46-73)43-35-39-57-95-81-97-79(93-55-37-23-33-53-77(109)110)99-83(101-81)103(71-65-89(9,10)107(90(11,12)66-71)115-75-49-29-21-30-50-75)59-41-17-18-42-60-104(72-67-91(13,14)108(92(15,16)68-72)116-76-51-31-22-32-52-76)84-100-80(94-56-38-24-34-54-78(111)112)98-82(102-84)96-58-40-36-44-70-63-87(5,6)106(88(7,8)64-70)114-74-47-27-20-28-48-74/h69-76H,17-68H2,1-16H3,(H,109,110)(H,111,112)(H2,93,95,97,99,101)(H2,94,96,98,100,102). The molecule has 2 aromatic heterocycles. The number of aliphatic carboxylic acids is 2. The van der Waals surface area contributed by atoms with Gasteiger partial charge in [0.1, 0.15) is 0 Å². The second-order valence-corrected chi connectivity index (χ2v) is 42.3. The maximum Gasteiger partial charge on any atom is 0.303 e. The summed E-state index contributed by atoms with van der Waals surface area (Å²) >= 11 is 0. The zero-order chi connectivity index (χ0) is 83.4. The lowest BCUT2D eigenvalue weighted by atomic mass is 9.73. The molecule has 2 aromatic rings. The molecule has 662 valence electrons. The Morgan fingerprint density at radius 3 is 0.802 bits per heavy atom. The number of hydrogen-bond acceptors (Lipinski definition) is 22. The number of nitrogens with one attached hydrogen (secondary N) is 4. The number of rotatable bonds is 45. The second-order valence-electron chi connectivity index (χ2n) is 42.3. The molecule has 4 saturated heterocycles. The summed E-state index contributed by atoms with van der Waals surface area (Å²) in [5.41, 5.74) is -1.36. The predicted molar refractivity (Wildman–Crippen MR) is 470 cm³/mol. The van der Waals surface area contributed by atoms with E-state index in [1.54, 1.807) is 0 Å². The minimum atomic E-state index is -0.759. The SMILES string of the molecule is CC1(C)CC(CCCCNc2nc(NCCCCCC(=O)O)nc(N(CCCCCCN(c3nc(NCCCCCC(=O)O)nc(NCCCCC4CC(C)(C)N(OC5CCCCC5)C(C)(C)C4)n3)C3CC(C)(C)N(OC4CCCCC4)C(C)(C)C3)C3CC(C)(C)N(OC4CCCCC4)C(C)(C)C3)n2)CC(C)(C)N1OC1CCCCC1. The molecule has 8 aliphatic rings. The fraction of sp³-hybridized carbons (Fsp3) is 0.913. The van der Waals surface area contributed by atoms with Crippen LogP contribution in [0.2, 0.25) is 0 Å². The summed E-state index contributed by atoms with van der Waals surface area (Å²) in [4.78, 5) is 88.0. The Balaban J connectivity index is 0.871. The fourth-order valence-electron chi connectivity index (χ4n) is 22.8.